The van der Waals surface area contributed by atoms with Crippen LogP contribution in [0.15, 0.2) is 0 Å². The maximum Gasteiger partial charge on any atom is 0.326 e. The number of aromatic nitrogens is 3. The standard InChI is InChI=1S/C12H18N4O3/c1-2-3-4-8(12(18)19)13-11(17)10-14-9(15-16-10)7-5-6-7/h7-8H,2-6H2,1H3,(H,13,17)(H,18,19)(H,14,15,16)/t8-/m0/s1. The molecule has 0 unspecified atom stereocenters. The van der Waals surface area contributed by atoms with Crippen molar-refractivity contribution in [3.8, 4) is 0 Å². The lowest BCUT2D eigenvalue weighted by atomic mass is 10.1. The molecule has 1 heterocycles. The van der Waals surface area contributed by atoms with Crippen molar-refractivity contribution in [1.29, 1.82) is 0 Å². The molecule has 1 aromatic heterocycles. The first-order valence-electron chi connectivity index (χ1n) is 6.57. The quantitative estimate of drug-likeness (QED) is 0.683. The van der Waals surface area contributed by atoms with Gasteiger partial charge in [0.1, 0.15) is 11.9 Å². The van der Waals surface area contributed by atoms with E-state index < -0.39 is 17.9 Å². The molecular formula is C12H18N4O3. The van der Waals surface area contributed by atoms with Gasteiger partial charge in [-0.05, 0) is 19.3 Å². The average molecular weight is 266 g/mol. The summed E-state index contributed by atoms with van der Waals surface area (Å²) in [5, 5.41) is 18.0. The van der Waals surface area contributed by atoms with Crippen LogP contribution in [-0.4, -0.2) is 38.2 Å². The first-order valence-corrected chi connectivity index (χ1v) is 6.57. The van der Waals surface area contributed by atoms with Gasteiger partial charge in [0.15, 0.2) is 0 Å². The number of H-pyrrole nitrogens is 1. The molecule has 0 radical (unpaired) electrons. The van der Waals surface area contributed by atoms with Crippen LogP contribution in [0.1, 0.15) is 61.4 Å². The van der Waals surface area contributed by atoms with Crippen LogP contribution in [0.4, 0.5) is 0 Å². The zero-order chi connectivity index (χ0) is 13.8. The summed E-state index contributed by atoms with van der Waals surface area (Å²) in [5.74, 6) is -0.453. The van der Waals surface area contributed by atoms with Crippen molar-refractivity contribution < 1.29 is 14.7 Å². The molecule has 0 aromatic carbocycles. The zero-order valence-corrected chi connectivity index (χ0v) is 10.8. The van der Waals surface area contributed by atoms with Crippen molar-refractivity contribution in [3.05, 3.63) is 11.6 Å². The molecule has 7 nitrogen and oxygen atoms in total. The van der Waals surface area contributed by atoms with Crippen LogP contribution >= 0.6 is 0 Å². The highest BCUT2D eigenvalue weighted by Gasteiger charge is 2.29. The Morgan fingerprint density at radius 2 is 2.26 bits per heavy atom. The zero-order valence-electron chi connectivity index (χ0n) is 10.8. The van der Waals surface area contributed by atoms with Gasteiger partial charge in [-0.3, -0.25) is 9.89 Å². The third kappa shape index (κ3) is 3.52. The Labute approximate surface area is 110 Å². The predicted molar refractivity (Wildman–Crippen MR) is 66.8 cm³/mol. The number of nitrogens with one attached hydrogen (secondary N) is 2. The summed E-state index contributed by atoms with van der Waals surface area (Å²) >= 11 is 0. The fourth-order valence-corrected chi connectivity index (χ4v) is 1.80. The summed E-state index contributed by atoms with van der Waals surface area (Å²) in [5.41, 5.74) is 0. The van der Waals surface area contributed by atoms with E-state index in [-0.39, 0.29) is 5.82 Å². The number of aliphatic carboxylic acids is 1. The van der Waals surface area contributed by atoms with E-state index in [0.717, 1.165) is 25.7 Å². The number of hydrogen-bond acceptors (Lipinski definition) is 4. The molecule has 0 bridgehead atoms. The summed E-state index contributed by atoms with van der Waals surface area (Å²) in [6.07, 6.45) is 4.16. The van der Waals surface area contributed by atoms with Gasteiger partial charge < -0.3 is 10.4 Å². The number of unbranched alkanes of at least 4 members (excludes halogenated alkanes) is 1. The molecule has 104 valence electrons. The van der Waals surface area contributed by atoms with E-state index in [4.69, 9.17) is 5.11 Å². The predicted octanol–water partition coefficient (Wildman–Crippen LogP) is 1.06. The number of carboxylic acids is 1. The molecule has 1 saturated carbocycles. The van der Waals surface area contributed by atoms with Crippen LogP contribution in [0.25, 0.3) is 0 Å². The fourth-order valence-electron chi connectivity index (χ4n) is 1.80. The second-order valence-corrected chi connectivity index (χ2v) is 4.83. The number of rotatable bonds is 7. The van der Waals surface area contributed by atoms with Gasteiger partial charge >= 0.3 is 5.97 Å². The molecule has 1 aliphatic carbocycles. The molecule has 1 fully saturated rings. The van der Waals surface area contributed by atoms with Gasteiger partial charge in [-0.15, -0.1) is 5.10 Å². The smallest absolute Gasteiger partial charge is 0.326 e. The van der Waals surface area contributed by atoms with Gasteiger partial charge in [-0.2, -0.15) is 0 Å². The van der Waals surface area contributed by atoms with E-state index in [1.54, 1.807) is 0 Å². The van der Waals surface area contributed by atoms with E-state index in [1.165, 1.54) is 0 Å². The first-order chi connectivity index (χ1) is 9.11. The number of hydrogen-bond donors (Lipinski definition) is 3. The van der Waals surface area contributed by atoms with Crippen LogP contribution in [0.3, 0.4) is 0 Å². The minimum absolute atomic E-state index is 0.0182. The van der Waals surface area contributed by atoms with Crippen LogP contribution in [-0.2, 0) is 4.79 Å². The van der Waals surface area contributed by atoms with E-state index in [2.05, 4.69) is 20.5 Å². The van der Waals surface area contributed by atoms with Crippen molar-refractivity contribution >= 4 is 11.9 Å². The molecule has 0 saturated heterocycles. The van der Waals surface area contributed by atoms with Gasteiger partial charge in [-0.25, -0.2) is 9.78 Å². The molecule has 2 rings (SSSR count). The third-order valence-corrected chi connectivity index (χ3v) is 3.12. The van der Waals surface area contributed by atoms with Gasteiger partial charge in [0.2, 0.25) is 5.82 Å². The molecule has 1 amide bonds. The van der Waals surface area contributed by atoms with Crippen molar-refractivity contribution in [2.45, 2.75) is 51.0 Å². The average Bonchev–Trinajstić information content (AvgIpc) is 3.11. The third-order valence-electron chi connectivity index (χ3n) is 3.12. The molecule has 19 heavy (non-hydrogen) atoms. The highest BCUT2D eigenvalue weighted by atomic mass is 16.4. The lowest BCUT2D eigenvalue weighted by Crippen LogP contribution is -2.41. The Morgan fingerprint density at radius 3 is 2.84 bits per heavy atom. The Bertz CT molecular complexity index is 467. The summed E-state index contributed by atoms with van der Waals surface area (Å²) in [4.78, 5) is 27.0. The molecule has 3 N–H and O–H groups in total. The number of amides is 1. The number of aromatic amines is 1. The highest BCUT2D eigenvalue weighted by molar-refractivity contribution is 5.93. The largest absolute Gasteiger partial charge is 0.480 e. The van der Waals surface area contributed by atoms with Crippen molar-refractivity contribution in [1.82, 2.24) is 20.5 Å². The topological polar surface area (TPSA) is 108 Å². The first kappa shape index (κ1) is 13.5. The molecule has 0 aliphatic heterocycles. The van der Waals surface area contributed by atoms with E-state index >= 15 is 0 Å². The van der Waals surface area contributed by atoms with Crippen LogP contribution in [0.5, 0.6) is 0 Å². The molecular weight excluding hydrogens is 248 g/mol. The van der Waals surface area contributed by atoms with Gasteiger partial charge in [-0.1, -0.05) is 19.8 Å². The monoisotopic (exact) mass is 266 g/mol. The van der Waals surface area contributed by atoms with Gasteiger partial charge in [0.05, 0.1) is 0 Å². The Hall–Kier alpha value is -1.92. The summed E-state index contributed by atoms with van der Waals surface area (Å²) in [6, 6.07) is -0.879. The summed E-state index contributed by atoms with van der Waals surface area (Å²) in [6.45, 7) is 1.97. The number of carbonyl (C=O) groups excluding carboxylic acids is 1. The van der Waals surface area contributed by atoms with Crippen molar-refractivity contribution in [3.63, 3.8) is 0 Å². The lowest BCUT2D eigenvalue weighted by molar-refractivity contribution is -0.139. The molecule has 1 atom stereocenters. The molecule has 0 spiro atoms. The minimum Gasteiger partial charge on any atom is -0.480 e. The minimum atomic E-state index is -1.03. The SMILES string of the molecule is CCCC[C@H](NC(=O)c1n[nH]c(C2CC2)n1)C(=O)O. The normalized spacial score (nSPS) is 16.1. The van der Waals surface area contributed by atoms with Gasteiger partial charge in [0, 0.05) is 5.92 Å². The molecule has 1 aliphatic rings. The van der Waals surface area contributed by atoms with E-state index in [9.17, 15) is 9.59 Å². The highest BCUT2D eigenvalue weighted by Crippen LogP contribution is 2.37. The number of nitrogens with zero attached hydrogens (tertiary/aromatic N) is 2. The summed E-state index contributed by atoms with van der Waals surface area (Å²) in [7, 11) is 0. The second kappa shape index (κ2) is 5.81. The maximum atomic E-state index is 11.9. The Kier molecular flexibility index (Phi) is 4.13. The lowest BCUT2D eigenvalue weighted by Gasteiger charge is -2.12. The number of carboxylic acid groups (broad SMARTS) is 1. The second-order valence-electron chi connectivity index (χ2n) is 4.83. The fraction of sp³-hybridized carbons (Fsp3) is 0.667. The summed E-state index contributed by atoms with van der Waals surface area (Å²) < 4.78 is 0. The van der Waals surface area contributed by atoms with Crippen molar-refractivity contribution in [2.75, 3.05) is 0 Å². The van der Waals surface area contributed by atoms with Crippen LogP contribution in [0, 0.1) is 0 Å². The van der Waals surface area contributed by atoms with Crippen molar-refractivity contribution in [2.24, 2.45) is 0 Å². The van der Waals surface area contributed by atoms with Crippen LogP contribution in [0.2, 0.25) is 0 Å². The van der Waals surface area contributed by atoms with E-state index in [1.807, 2.05) is 6.92 Å². The van der Waals surface area contributed by atoms with E-state index in [0.29, 0.717) is 18.2 Å². The molecule has 1 aromatic rings. The maximum absolute atomic E-state index is 11.9. The van der Waals surface area contributed by atoms with Gasteiger partial charge in [0.25, 0.3) is 5.91 Å². The Morgan fingerprint density at radius 1 is 1.53 bits per heavy atom. The van der Waals surface area contributed by atoms with Crippen LogP contribution < -0.4 is 5.32 Å². The molecule has 7 heteroatoms. The number of carbonyl (C=O) groups is 2. The Balaban J connectivity index is 1.94.